The predicted molar refractivity (Wildman–Crippen MR) is 105 cm³/mol. The first-order valence-corrected chi connectivity index (χ1v) is 8.69. The van der Waals surface area contributed by atoms with Crippen LogP contribution in [0.4, 0.5) is 5.69 Å². The molecule has 0 radical (unpaired) electrons. The minimum atomic E-state index is 0.119. The summed E-state index contributed by atoms with van der Waals surface area (Å²) in [6.45, 7) is 4.55. The zero-order valence-electron chi connectivity index (χ0n) is 14.3. The highest BCUT2D eigenvalue weighted by atomic mass is 32.1. The van der Waals surface area contributed by atoms with Crippen LogP contribution in [0.5, 0.6) is 0 Å². The summed E-state index contributed by atoms with van der Waals surface area (Å²) in [5.74, 6) is 1.55. The molecule has 0 spiro atoms. The molecule has 3 rings (SSSR count). The fourth-order valence-corrected chi connectivity index (χ4v) is 2.89. The minimum Gasteiger partial charge on any atom is -0.459 e. The number of nitrogens with two attached hydrogens (primary N) is 1. The number of benzene rings is 1. The van der Waals surface area contributed by atoms with Crippen molar-refractivity contribution in [2.75, 3.05) is 31.1 Å². The molecule has 1 aromatic carbocycles. The second-order valence-electron chi connectivity index (χ2n) is 5.96. The van der Waals surface area contributed by atoms with Gasteiger partial charge >= 0.3 is 0 Å². The largest absolute Gasteiger partial charge is 0.459 e. The van der Waals surface area contributed by atoms with Crippen molar-refractivity contribution in [1.29, 1.82) is 5.26 Å². The van der Waals surface area contributed by atoms with E-state index in [2.05, 4.69) is 38.6 Å². The molecular weight excluding hydrogens is 348 g/mol. The molecule has 2 aromatic rings. The van der Waals surface area contributed by atoms with Gasteiger partial charge in [-0.3, -0.25) is 10.3 Å². The number of nitrogens with zero attached hydrogens (tertiary/aromatic N) is 4. The number of hydrogen-bond donors (Lipinski definition) is 2. The molecule has 26 heavy (non-hydrogen) atoms. The number of hydrazone groups is 1. The Morgan fingerprint density at radius 2 is 1.96 bits per heavy atom. The number of hydrogen-bond acceptors (Lipinski definition) is 6. The van der Waals surface area contributed by atoms with Gasteiger partial charge in [0.15, 0.2) is 5.11 Å². The number of thiocarbonyl (C=S) groups is 1. The smallest absolute Gasteiger partial charge is 0.184 e. The van der Waals surface area contributed by atoms with Gasteiger partial charge in [-0.15, -0.1) is 0 Å². The summed E-state index contributed by atoms with van der Waals surface area (Å²) in [7, 11) is 0. The monoisotopic (exact) mass is 368 g/mol. The number of anilines is 1. The topological polar surface area (TPSA) is 93.8 Å². The molecule has 0 amide bonds. The van der Waals surface area contributed by atoms with Crippen LogP contribution in [0.3, 0.4) is 0 Å². The maximum Gasteiger partial charge on any atom is 0.184 e. The summed E-state index contributed by atoms with van der Waals surface area (Å²) < 4.78 is 5.75. The molecule has 1 aliphatic heterocycles. The van der Waals surface area contributed by atoms with Crippen LogP contribution in [0, 0.1) is 11.3 Å². The molecule has 134 valence electrons. The zero-order chi connectivity index (χ0) is 18.4. The molecule has 0 bridgehead atoms. The van der Waals surface area contributed by atoms with Gasteiger partial charge in [0.2, 0.25) is 0 Å². The van der Waals surface area contributed by atoms with Crippen molar-refractivity contribution < 1.29 is 4.42 Å². The van der Waals surface area contributed by atoms with Crippen LogP contribution < -0.4 is 16.1 Å². The Kier molecular flexibility index (Phi) is 5.84. The highest BCUT2D eigenvalue weighted by molar-refractivity contribution is 7.80. The summed E-state index contributed by atoms with van der Waals surface area (Å²) in [5, 5.41) is 12.9. The quantitative estimate of drug-likeness (QED) is 0.471. The number of rotatable bonds is 5. The van der Waals surface area contributed by atoms with E-state index in [-0.39, 0.29) is 5.11 Å². The molecule has 1 fully saturated rings. The van der Waals surface area contributed by atoms with Crippen molar-refractivity contribution >= 4 is 29.2 Å². The molecule has 8 heteroatoms. The molecule has 1 aromatic heterocycles. The van der Waals surface area contributed by atoms with Crippen LogP contribution in [0.15, 0.2) is 45.9 Å². The third-order valence-corrected chi connectivity index (χ3v) is 4.25. The first-order chi connectivity index (χ1) is 12.6. The minimum absolute atomic E-state index is 0.119. The molecule has 1 aliphatic rings. The Morgan fingerprint density at radius 1 is 1.23 bits per heavy atom. The molecule has 0 atom stereocenters. The fourth-order valence-electron chi connectivity index (χ4n) is 2.84. The van der Waals surface area contributed by atoms with Crippen molar-refractivity contribution in [3.05, 3.63) is 53.5 Å². The second-order valence-corrected chi connectivity index (χ2v) is 6.40. The van der Waals surface area contributed by atoms with Gasteiger partial charge in [0.1, 0.15) is 11.5 Å². The normalized spacial score (nSPS) is 15.1. The fraction of sp³-hybridized carbons (Fsp3) is 0.278. The van der Waals surface area contributed by atoms with Crippen LogP contribution in [0.2, 0.25) is 0 Å². The van der Waals surface area contributed by atoms with Crippen molar-refractivity contribution in [3.8, 4) is 6.07 Å². The number of piperazine rings is 1. The lowest BCUT2D eigenvalue weighted by atomic mass is 10.2. The lowest BCUT2D eigenvalue weighted by molar-refractivity contribution is 0.230. The van der Waals surface area contributed by atoms with E-state index < -0.39 is 0 Å². The Balaban J connectivity index is 1.49. The lowest BCUT2D eigenvalue weighted by Crippen LogP contribution is -2.45. The van der Waals surface area contributed by atoms with Crippen LogP contribution >= 0.6 is 12.2 Å². The van der Waals surface area contributed by atoms with Crippen molar-refractivity contribution in [2.24, 2.45) is 10.8 Å². The van der Waals surface area contributed by atoms with Gasteiger partial charge in [0.05, 0.1) is 24.4 Å². The number of nitrogens with one attached hydrogen (secondary N) is 1. The standard InChI is InChI=1S/C18H20N6OS/c19-11-14-1-3-15(4-2-14)24-9-7-23(8-10-24)13-17-6-5-16(25-17)12-21-22-18(20)26/h1-6,12H,7-10,13H2,(H3,20,22,26)/b21-12+. The Labute approximate surface area is 157 Å². The molecule has 0 unspecified atom stereocenters. The van der Waals surface area contributed by atoms with Crippen molar-refractivity contribution in [3.63, 3.8) is 0 Å². The molecule has 2 heterocycles. The maximum atomic E-state index is 8.89. The summed E-state index contributed by atoms with van der Waals surface area (Å²) in [5.41, 5.74) is 9.65. The molecule has 0 saturated carbocycles. The lowest BCUT2D eigenvalue weighted by Gasteiger charge is -2.35. The van der Waals surface area contributed by atoms with E-state index in [0.29, 0.717) is 11.3 Å². The van der Waals surface area contributed by atoms with Gasteiger partial charge in [-0.2, -0.15) is 10.4 Å². The van der Waals surface area contributed by atoms with E-state index in [9.17, 15) is 0 Å². The first kappa shape index (κ1) is 17.9. The van der Waals surface area contributed by atoms with E-state index in [1.54, 1.807) is 6.21 Å². The third kappa shape index (κ3) is 4.81. The van der Waals surface area contributed by atoms with Gasteiger partial charge < -0.3 is 15.1 Å². The van der Waals surface area contributed by atoms with Gasteiger partial charge in [0.25, 0.3) is 0 Å². The van der Waals surface area contributed by atoms with E-state index >= 15 is 0 Å². The van der Waals surface area contributed by atoms with E-state index in [0.717, 1.165) is 44.2 Å². The summed E-state index contributed by atoms with van der Waals surface area (Å²) in [4.78, 5) is 4.69. The average Bonchev–Trinajstić information content (AvgIpc) is 3.09. The van der Waals surface area contributed by atoms with Crippen molar-refractivity contribution in [2.45, 2.75) is 6.54 Å². The number of furan rings is 1. The summed E-state index contributed by atoms with van der Waals surface area (Å²) in [6.07, 6.45) is 1.55. The van der Waals surface area contributed by atoms with Crippen LogP contribution in [0.1, 0.15) is 17.1 Å². The predicted octanol–water partition coefficient (Wildman–Crippen LogP) is 1.64. The van der Waals surface area contributed by atoms with Gasteiger partial charge in [0, 0.05) is 31.9 Å². The summed E-state index contributed by atoms with van der Waals surface area (Å²) in [6, 6.07) is 13.7. The first-order valence-electron chi connectivity index (χ1n) is 8.29. The molecule has 7 nitrogen and oxygen atoms in total. The van der Waals surface area contributed by atoms with Gasteiger partial charge in [-0.25, -0.2) is 0 Å². The zero-order valence-corrected chi connectivity index (χ0v) is 15.1. The van der Waals surface area contributed by atoms with Crippen LogP contribution in [-0.2, 0) is 6.54 Å². The highest BCUT2D eigenvalue weighted by Crippen LogP contribution is 2.18. The van der Waals surface area contributed by atoms with E-state index in [1.807, 2.05) is 36.4 Å². The SMILES string of the molecule is N#Cc1ccc(N2CCN(Cc3ccc(/C=N/NC(N)=S)o3)CC2)cc1. The average molecular weight is 368 g/mol. The highest BCUT2D eigenvalue weighted by Gasteiger charge is 2.18. The second kappa shape index (κ2) is 8.47. The molecule has 3 N–H and O–H groups in total. The maximum absolute atomic E-state index is 8.89. The van der Waals surface area contributed by atoms with E-state index in [1.165, 1.54) is 0 Å². The Morgan fingerprint density at radius 3 is 2.62 bits per heavy atom. The third-order valence-electron chi connectivity index (χ3n) is 4.16. The van der Waals surface area contributed by atoms with Crippen LogP contribution in [0.25, 0.3) is 0 Å². The van der Waals surface area contributed by atoms with Crippen molar-refractivity contribution in [1.82, 2.24) is 10.3 Å². The summed E-state index contributed by atoms with van der Waals surface area (Å²) >= 11 is 4.68. The number of nitriles is 1. The molecular formula is C18H20N6OS. The Bertz CT molecular complexity index is 815. The Hall–Kier alpha value is -2.89. The van der Waals surface area contributed by atoms with E-state index in [4.69, 9.17) is 15.4 Å². The molecule has 0 aliphatic carbocycles. The van der Waals surface area contributed by atoms with Crippen LogP contribution in [-0.4, -0.2) is 42.4 Å². The van der Waals surface area contributed by atoms with Gasteiger partial charge in [-0.1, -0.05) is 0 Å². The molecule has 1 saturated heterocycles. The van der Waals surface area contributed by atoms with Gasteiger partial charge in [-0.05, 0) is 48.6 Å².